The number of rotatable bonds is 5. The molecule has 1 aromatic carbocycles. The number of carbonyl (C=O) groups is 1. The Morgan fingerprint density at radius 2 is 2.18 bits per heavy atom. The Morgan fingerprint density at radius 3 is 2.88 bits per heavy atom. The van der Waals surface area contributed by atoms with E-state index in [4.69, 9.17) is 0 Å². The molecule has 4 nitrogen and oxygen atoms in total. The first-order valence-corrected chi connectivity index (χ1v) is 5.67. The number of phenolic OH excluding ortho intramolecular Hbond substituents is 1. The summed E-state index contributed by atoms with van der Waals surface area (Å²) < 4.78 is 12.9. The average molecular weight is 238 g/mol. The number of amides is 1. The minimum atomic E-state index is -0.538. The van der Waals surface area contributed by atoms with E-state index in [1.165, 1.54) is 18.9 Å². The van der Waals surface area contributed by atoms with Crippen molar-refractivity contribution in [3.8, 4) is 5.75 Å². The van der Waals surface area contributed by atoms with Crippen molar-refractivity contribution in [3.63, 3.8) is 0 Å². The van der Waals surface area contributed by atoms with Crippen molar-refractivity contribution in [2.45, 2.75) is 18.9 Å². The second-order valence-corrected chi connectivity index (χ2v) is 4.15. The standard InChI is InChI=1S/C12H15FN2O2/c13-8-1-4-11(16)10(7-8)12(17)15-6-5-14-9-2-3-9/h1,4,7,9,14,16H,2-3,5-6H2,(H,15,17). The highest BCUT2D eigenvalue weighted by Crippen LogP contribution is 2.18. The zero-order valence-electron chi connectivity index (χ0n) is 9.37. The van der Waals surface area contributed by atoms with Gasteiger partial charge in [-0.15, -0.1) is 0 Å². The van der Waals surface area contributed by atoms with Crippen LogP contribution in [0.5, 0.6) is 5.75 Å². The maximum absolute atomic E-state index is 12.9. The molecule has 1 fully saturated rings. The van der Waals surface area contributed by atoms with Crippen LogP contribution in [0.1, 0.15) is 23.2 Å². The fraction of sp³-hybridized carbons (Fsp3) is 0.417. The molecule has 2 rings (SSSR count). The number of nitrogens with one attached hydrogen (secondary N) is 2. The number of benzene rings is 1. The molecule has 0 unspecified atom stereocenters. The lowest BCUT2D eigenvalue weighted by Crippen LogP contribution is -2.32. The van der Waals surface area contributed by atoms with Crippen LogP contribution in [0, 0.1) is 5.82 Å². The molecule has 5 heteroatoms. The van der Waals surface area contributed by atoms with E-state index in [1.54, 1.807) is 0 Å². The summed E-state index contributed by atoms with van der Waals surface area (Å²) >= 11 is 0. The van der Waals surface area contributed by atoms with Crippen LogP contribution in [0.3, 0.4) is 0 Å². The molecule has 0 saturated heterocycles. The maximum Gasteiger partial charge on any atom is 0.255 e. The molecule has 0 heterocycles. The van der Waals surface area contributed by atoms with E-state index in [0.717, 1.165) is 12.1 Å². The number of aromatic hydroxyl groups is 1. The van der Waals surface area contributed by atoms with Crippen molar-refractivity contribution in [1.29, 1.82) is 0 Å². The van der Waals surface area contributed by atoms with E-state index >= 15 is 0 Å². The summed E-state index contributed by atoms with van der Waals surface area (Å²) in [7, 11) is 0. The van der Waals surface area contributed by atoms with Gasteiger partial charge in [-0.2, -0.15) is 0 Å². The fourth-order valence-electron chi connectivity index (χ4n) is 1.53. The normalized spacial score (nSPS) is 14.6. The summed E-state index contributed by atoms with van der Waals surface area (Å²) in [4.78, 5) is 11.6. The summed E-state index contributed by atoms with van der Waals surface area (Å²) in [5, 5.41) is 15.3. The molecule has 0 radical (unpaired) electrons. The molecule has 0 aromatic heterocycles. The number of hydrogen-bond acceptors (Lipinski definition) is 3. The van der Waals surface area contributed by atoms with Crippen LogP contribution < -0.4 is 10.6 Å². The van der Waals surface area contributed by atoms with E-state index in [0.29, 0.717) is 19.1 Å². The van der Waals surface area contributed by atoms with Crippen molar-refractivity contribution in [2.75, 3.05) is 13.1 Å². The van der Waals surface area contributed by atoms with Crippen molar-refractivity contribution < 1.29 is 14.3 Å². The zero-order chi connectivity index (χ0) is 12.3. The van der Waals surface area contributed by atoms with Crippen molar-refractivity contribution in [1.82, 2.24) is 10.6 Å². The van der Waals surface area contributed by atoms with Crippen molar-refractivity contribution in [2.24, 2.45) is 0 Å². The molecular formula is C12H15FN2O2. The molecule has 1 amide bonds. The smallest absolute Gasteiger partial charge is 0.255 e. The van der Waals surface area contributed by atoms with Crippen molar-refractivity contribution >= 4 is 5.91 Å². The van der Waals surface area contributed by atoms with Crippen LogP contribution in [0.15, 0.2) is 18.2 Å². The van der Waals surface area contributed by atoms with E-state index in [2.05, 4.69) is 10.6 Å². The Balaban J connectivity index is 1.82. The number of hydrogen-bond donors (Lipinski definition) is 3. The fourth-order valence-corrected chi connectivity index (χ4v) is 1.53. The monoisotopic (exact) mass is 238 g/mol. The second kappa shape index (κ2) is 5.14. The summed E-state index contributed by atoms with van der Waals surface area (Å²) in [5.74, 6) is -1.21. The van der Waals surface area contributed by atoms with Crippen LogP contribution in [-0.2, 0) is 0 Å². The van der Waals surface area contributed by atoms with Gasteiger partial charge in [0.25, 0.3) is 5.91 Å². The Morgan fingerprint density at radius 1 is 1.41 bits per heavy atom. The topological polar surface area (TPSA) is 61.4 Å². The van der Waals surface area contributed by atoms with Gasteiger partial charge in [0.05, 0.1) is 5.56 Å². The summed E-state index contributed by atoms with van der Waals surface area (Å²) in [5.41, 5.74) is -0.0311. The van der Waals surface area contributed by atoms with E-state index < -0.39 is 11.7 Å². The minimum Gasteiger partial charge on any atom is -0.507 e. The summed E-state index contributed by atoms with van der Waals surface area (Å²) in [6.07, 6.45) is 2.39. The molecule has 0 aliphatic heterocycles. The molecule has 0 spiro atoms. The second-order valence-electron chi connectivity index (χ2n) is 4.15. The first-order valence-electron chi connectivity index (χ1n) is 5.67. The molecule has 0 bridgehead atoms. The van der Waals surface area contributed by atoms with Gasteiger partial charge in [0.15, 0.2) is 0 Å². The van der Waals surface area contributed by atoms with Crippen LogP contribution >= 0.6 is 0 Å². The highest BCUT2D eigenvalue weighted by molar-refractivity contribution is 5.96. The third-order valence-corrected chi connectivity index (χ3v) is 2.62. The van der Waals surface area contributed by atoms with Gasteiger partial charge in [-0.3, -0.25) is 4.79 Å². The lowest BCUT2D eigenvalue weighted by molar-refractivity contribution is 0.0950. The number of halogens is 1. The van der Waals surface area contributed by atoms with Crippen LogP contribution in [0.4, 0.5) is 4.39 Å². The minimum absolute atomic E-state index is 0.0311. The van der Waals surface area contributed by atoms with Gasteiger partial charge in [0, 0.05) is 19.1 Å². The predicted molar refractivity (Wildman–Crippen MR) is 61.4 cm³/mol. The lowest BCUT2D eigenvalue weighted by atomic mass is 10.2. The molecule has 3 N–H and O–H groups in total. The highest BCUT2D eigenvalue weighted by Gasteiger charge is 2.19. The average Bonchev–Trinajstić information content (AvgIpc) is 3.11. The molecule has 0 atom stereocenters. The Bertz CT molecular complexity index is 419. The molecule has 1 aromatic rings. The number of carbonyl (C=O) groups excluding carboxylic acids is 1. The SMILES string of the molecule is O=C(NCCNC1CC1)c1cc(F)ccc1O. The third kappa shape index (κ3) is 3.42. The van der Waals surface area contributed by atoms with Gasteiger partial charge in [-0.05, 0) is 31.0 Å². The Kier molecular flexibility index (Phi) is 3.58. The Hall–Kier alpha value is -1.62. The lowest BCUT2D eigenvalue weighted by Gasteiger charge is -2.07. The Labute approximate surface area is 98.8 Å². The summed E-state index contributed by atoms with van der Waals surface area (Å²) in [6.45, 7) is 1.15. The van der Waals surface area contributed by atoms with E-state index in [-0.39, 0.29) is 11.3 Å². The van der Waals surface area contributed by atoms with Crippen LogP contribution in [-0.4, -0.2) is 30.1 Å². The maximum atomic E-state index is 12.9. The van der Waals surface area contributed by atoms with Gasteiger partial charge in [-0.25, -0.2) is 4.39 Å². The third-order valence-electron chi connectivity index (χ3n) is 2.62. The number of phenols is 1. The predicted octanol–water partition coefficient (Wildman–Crippen LogP) is 1.01. The van der Waals surface area contributed by atoms with Gasteiger partial charge in [0.1, 0.15) is 11.6 Å². The first-order chi connectivity index (χ1) is 8.16. The van der Waals surface area contributed by atoms with Gasteiger partial charge >= 0.3 is 0 Å². The van der Waals surface area contributed by atoms with E-state index in [1.807, 2.05) is 0 Å². The summed E-state index contributed by atoms with van der Waals surface area (Å²) in [6, 6.07) is 3.90. The van der Waals surface area contributed by atoms with Crippen molar-refractivity contribution in [3.05, 3.63) is 29.6 Å². The first kappa shape index (κ1) is 11.9. The highest BCUT2D eigenvalue weighted by atomic mass is 19.1. The molecule has 17 heavy (non-hydrogen) atoms. The molecule has 1 aliphatic carbocycles. The largest absolute Gasteiger partial charge is 0.507 e. The quantitative estimate of drug-likeness (QED) is 0.671. The van der Waals surface area contributed by atoms with Gasteiger partial charge < -0.3 is 15.7 Å². The van der Waals surface area contributed by atoms with Gasteiger partial charge in [0.2, 0.25) is 0 Å². The molecule has 92 valence electrons. The molecular weight excluding hydrogens is 223 g/mol. The van der Waals surface area contributed by atoms with Crippen LogP contribution in [0.25, 0.3) is 0 Å². The zero-order valence-corrected chi connectivity index (χ0v) is 9.37. The van der Waals surface area contributed by atoms with Crippen LogP contribution in [0.2, 0.25) is 0 Å². The molecule has 1 saturated carbocycles. The van der Waals surface area contributed by atoms with E-state index in [9.17, 15) is 14.3 Å². The molecule has 1 aliphatic rings. The van der Waals surface area contributed by atoms with Gasteiger partial charge in [-0.1, -0.05) is 0 Å².